The molecule has 106 valence electrons. The Bertz CT molecular complexity index is 395. The van der Waals surface area contributed by atoms with E-state index in [1.807, 2.05) is 38.1 Å². The van der Waals surface area contributed by atoms with Crippen LogP contribution in [0.25, 0.3) is 0 Å². The summed E-state index contributed by atoms with van der Waals surface area (Å²) >= 11 is 0. The first-order valence-corrected chi connectivity index (χ1v) is 6.28. The smallest absolute Gasteiger partial charge is 0.312 e. The molecule has 0 aliphatic carbocycles. The second-order valence-corrected chi connectivity index (χ2v) is 4.54. The number of ether oxygens (including phenoxy) is 3. The number of benzene rings is 1. The van der Waals surface area contributed by atoms with E-state index in [-0.39, 0.29) is 24.1 Å². The monoisotopic (exact) mass is 266 g/mol. The molecule has 0 aliphatic rings. The topological polar surface area (TPSA) is 44.8 Å². The average Bonchev–Trinajstić information content (AvgIpc) is 2.47. The zero-order valence-corrected chi connectivity index (χ0v) is 12.2. The van der Waals surface area contributed by atoms with Crippen LogP contribution in [0.4, 0.5) is 0 Å². The van der Waals surface area contributed by atoms with E-state index in [1.165, 1.54) is 7.11 Å². The maximum atomic E-state index is 11.5. The predicted octanol–water partition coefficient (Wildman–Crippen LogP) is 2.69. The Labute approximate surface area is 114 Å². The van der Waals surface area contributed by atoms with Crippen molar-refractivity contribution < 1.29 is 19.0 Å². The molecule has 0 saturated carbocycles. The third-order valence-corrected chi connectivity index (χ3v) is 3.39. The van der Waals surface area contributed by atoms with Gasteiger partial charge in [-0.15, -0.1) is 0 Å². The zero-order valence-electron chi connectivity index (χ0n) is 12.2. The third-order valence-electron chi connectivity index (χ3n) is 3.39. The molecule has 4 nitrogen and oxygen atoms in total. The van der Waals surface area contributed by atoms with Gasteiger partial charge in [-0.05, 0) is 18.1 Å². The minimum Gasteiger partial charge on any atom is -0.469 e. The molecule has 0 N–H and O–H groups in total. The maximum absolute atomic E-state index is 11.5. The summed E-state index contributed by atoms with van der Waals surface area (Å²) in [6, 6.07) is 7.86. The van der Waals surface area contributed by atoms with Crippen molar-refractivity contribution in [1.29, 1.82) is 0 Å². The molecule has 1 aromatic carbocycles. The summed E-state index contributed by atoms with van der Waals surface area (Å²) in [4.78, 5) is 11.5. The fraction of sp³-hybridized carbons (Fsp3) is 0.533. The molecule has 1 rings (SSSR count). The molecule has 0 saturated heterocycles. The molecule has 0 radical (unpaired) electrons. The molecule has 0 heterocycles. The zero-order chi connectivity index (χ0) is 14.4. The number of esters is 1. The van der Waals surface area contributed by atoms with Crippen molar-refractivity contribution in [3.05, 3.63) is 35.4 Å². The van der Waals surface area contributed by atoms with Gasteiger partial charge in [-0.2, -0.15) is 0 Å². The van der Waals surface area contributed by atoms with Gasteiger partial charge >= 0.3 is 5.97 Å². The van der Waals surface area contributed by atoms with E-state index in [2.05, 4.69) is 0 Å². The van der Waals surface area contributed by atoms with Gasteiger partial charge in [-0.1, -0.05) is 31.2 Å². The quantitative estimate of drug-likeness (QED) is 0.586. The van der Waals surface area contributed by atoms with Crippen molar-refractivity contribution in [1.82, 2.24) is 0 Å². The molecule has 0 fully saturated rings. The number of rotatable bonds is 6. The molecule has 1 aromatic rings. The first-order valence-electron chi connectivity index (χ1n) is 6.28. The molecular weight excluding hydrogens is 244 g/mol. The van der Waals surface area contributed by atoms with Crippen LogP contribution < -0.4 is 0 Å². The molecule has 19 heavy (non-hydrogen) atoms. The van der Waals surface area contributed by atoms with Crippen molar-refractivity contribution in [2.45, 2.75) is 32.0 Å². The number of carbonyl (C=O) groups is 1. The Morgan fingerprint density at radius 2 is 1.42 bits per heavy atom. The lowest BCUT2D eigenvalue weighted by atomic mass is 9.95. The van der Waals surface area contributed by atoms with Gasteiger partial charge in [0, 0.05) is 20.1 Å². The molecule has 4 heteroatoms. The van der Waals surface area contributed by atoms with Crippen LogP contribution in [0.2, 0.25) is 0 Å². The van der Waals surface area contributed by atoms with Crippen LogP contribution in [0.3, 0.4) is 0 Å². The first-order chi connectivity index (χ1) is 9.04. The molecule has 0 bridgehead atoms. The van der Waals surface area contributed by atoms with Crippen LogP contribution >= 0.6 is 0 Å². The van der Waals surface area contributed by atoms with Gasteiger partial charge in [-0.3, -0.25) is 4.79 Å². The van der Waals surface area contributed by atoms with Gasteiger partial charge in [0.25, 0.3) is 0 Å². The van der Waals surface area contributed by atoms with Crippen molar-refractivity contribution in [2.75, 3.05) is 21.3 Å². The fourth-order valence-electron chi connectivity index (χ4n) is 2.06. The Morgan fingerprint density at radius 1 is 0.947 bits per heavy atom. The minimum atomic E-state index is -0.274. The second kappa shape index (κ2) is 7.26. The van der Waals surface area contributed by atoms with Crippen molar-refractivity contribution in [3.63, 3.8) is 0 Å². The van der Waals surface area contributed by atoms with Gasteiger partial charge in [0.15, 0.2) is 6.29 Å². The van der Waals surface area contributed by atoms with Crippen molar-refractivity contribution in [3.8, 4) is 0 Å². The third kappa shape index (κ3) is 3.78. The summed E-state index contributed by atoms with van der Waals surface area (Å²) in [5, 5.41) is 0. The summed E-state index contributed by atoms with van der Waals surface area (Å²) in [5.41, 5.74) is 2.05. The molecule has 2 unspecified atom stereocenters. The highest BCUT2D eigenvalue weighted by atomic mass is 16.7. The molecule has 0 amide bonds. The van der Waals surface area contributed by atoms with Crippen LogP contribution in [0.15, 0.2) is 24.3 Å². The summed E-state index contributed by atoms with van der Waals surface area (Å²) < 4.78 is 15.2. The van der Waals surface area contributed by atoms with Gasteiger partial charge in [-0.25, -0.2) is 0 Å². The van der Waals surface area contributed by atoms with Gasteiger partial charge in [0.2, 0.25) is 0 Å². The van der Waals surface area contributed by atoms with E-state index >= 15 is 0 Å². The van der Waals surface area contributed by atoms with Crippen LogP contribution in [0.1, 0.15) is 36.8 Å². The number of methoxy groups -OCH3 is 3. The highest BCUT2D eigenvalue weighted by molar-refractivity contribution is 5.77. The highest BCUT2D eigenvalue weighted by Crippen LogP contribution is 2.24. The number of carbonyl (C=O) groups excluding carboxylic acids is 1. The summed E-state index contributed by atoms with van der Waals surface area (Å²) in [6.07, 6.45) is -0.274. The number of hydrogen-bond acceptors (Lipinski definition) is 4. The lowest BCUT2D eigenvalue weighted by molar-refractivity contribution is -0.142. The van der Waals surface area contributed by atoms with E-state index < -0.39 is 0 Å². The van der Waals surface area contributed by atoms with Crippen LogP contribution in [-0.2, 0) is 19.0 Å². The largest absolute Gasteiger partial charge is 0.469 e. The Morgan fingerprint density at radius 3 is 1.84 bits per heavy atom. The normalized spacial score (nSPS) is 14.2. The molecule has 0 aliphatic heterocycles. The summed E-state index contributed by atoms with van der Waals surface area (Å²) in [7, 11) is 4.65. The lowest BCUT2D eigenvalue weighted by Crippen LogP contribution is -2.20. The van der Waals surface area contributed by atoms with E-state index in [1.54, 1.807) is 14.2 Å². The van der Waals surface area contributed by atoms with E-state index in [9.17, 15) is 4.79 Å². The first kappa shape index (κ1) is 15.7. The molecule has 2 atom stereocenters. The van der Waals surface area contributed by atoms with Gasteiger partial charge in [0.1, 0.15) is 0 Å². The highest BCUT2D eigenvalue weighted by Gasteiger charge is 2.19. The van der Waals surface area contributed by atoms with Gasteiger partial charge in [0.05, 0.1) is 13.0 Å². The van der Waals surface area contributed by atoms with E-state index in [4.69, 9.17) is 14.2 Å². The molecule has 0 aromatic heterocycles. The van der Waals surface area contributed by atoms with Crippen LogP contribution in [0, 0.1) is 0 Å². The predicted molar refractivity (Wildman–Crippen MR) is 73.1 cm³/mol. The fourth-order valence-corrected chi connectivity index (χ4v) is 2.06. The Balaban J connectivity index is 2.84. The maximum Gasteiger partial charge on any atom is 0.312 e. The van der Waals surface area contributed by atoms with E-state index in [0.29, 0.717) is 0 Å². The summed E-state index contributed by atoms with van der Waals surface area (Å²) in [6.45, 7) is 3.87. The van der Waals surface area contributed by atoms with Crippen molar-refractivity contribution >= 4 is 5.97 Å². The standard InChI is InChI=1S/C15H22O4/c1-10(14(16)17-3)12-6-8-13(9-7-12)11(2)15(18-4)19-5/h6-11,15H,1-5H3. The van der Waals surface area contributed by atoms with E-state index in [0.717, 1.165) is 11.1 Å². The average molecular weight is 266 g/mol. The Hall–Kier alpha value is -1.39. The lowest BCUT2D eigenvalue weighted by Gasteiger charge is -2.21. The Kier molecular flexibility index (Phi) is 5.99. The SMILES string of the molecule is COC(=O)C(C)c1ccc(C(C)C(OC)OC)cc1. The van der Waals surface area contributed by atoms with Crippen LogP contribution in [0.5, 0.6) is 0 Å². The number of hydrogen-bond donors (Lipinski definition) is 0. The van der Waals surface area contributed by atoms with Crippen LogP contribution in [-0.4, -0.2) is 33.6 Å². The van der Waals surface area contributed by atoms with Gasteiger partial charge < -0.3 is 14.2 Å². The molecular formula is C15H22O4. The summed E-state index contributed by atoms with van der Waals surface area (Å²) in [5.74, 6) is -0.361. The minimum absolute atomic E-state index is 0.123. The van der Waals surface area contributed by atoms with Crippen molar-refractivity contribution in [2.24, 2.45) is 0 Å². The molecule has 0 spiro atoms. The second-order valence-electron chi connectivity index (χ2n) is 4.54.